The van der Waals surface area contributed by atoms with Gasteiger partial charge < -0.3 is 0 Å². The summed E-state index contributed by atoms with van der Waals surface area (Å²) in [5.74, 6) is -0.294. The first-order valence-electron chi connectivity index (χ1n) is 9.07. The fraction of sp³-hybridized carbons (Fsp3) is 0.368. The number of hydrogen-bond donors (Lipinski definition) is 2. The van der Waals surface area contributed by atoms with E-state index in [1.165, 1.54) is 19.3 Å². The Kier molecular flexibility index (Phi) is 6.63. The summed E-state index contributed by atoms with van der Waals surface area (Å²) in [5, 5.41) is 5.99. The number of thiophene rings is 1. The zero-order chi connectivity index (χ0) is 19.1. The fourth-order valence-corrected chi connectivity index (χ4v) is 4.98. The van der Waals surface area contributed by atoms with Gasteiger partial charge in [0.25, 0.3) is 15.9 Å². The average Bonchev–Trinajstić information content (AvgIpc) is 3.16. The smallest absolute Gasteiger partial charge is 0.271 e. The van der Waals surface area contributed by atoms with Crippen molar-refractivity contribution in [2.45, 2.75) is 49.2 Å². The lowest BCUT2D eigenvalue weighted by Crippen LogP contribution is -2.20. The second-order valence-corrected chi connectivity index (χ2v) is 9.36. The molecule has 8 heteroatoms. The van der Waals surface area contributed by atoms with Gasteiger partial charge in [-0.1, -0.05) is 25.3 Å². The lowest BCUT2D eigenvalue weighted by molar-refractivity contribution is 0.0954. The summed E-state index contributed by atoms with van der Waals surface area (Å²) < 4.78 is 27.2. The minimum Gasteiger partial charge on any atom is -0.279 e. The molecular formula is C19H23N3O3S2. The molecule has 0 saturated heterocycles. The minimum atomic E-state index is -3.59. The molecule has 0 radical (unpaired) electrons. The average molecular weight is 406 g/mol. The van der Waals surface area contributed by atoms with Crippen molar-refractivity contribution in [2.75, 3.05) is 4.72 Å². The summed E-state index contributed by atoms with van der Waals surface area (Å²) >= 11 is 1.15. The number of carbonyl (C=O) groups excluding carboxylic acids is 1. The van der Waals surface area contributed by atoms with E-state index in [1.54, 1.807) is 41.8 Å². The molecule has 3 rings (SSSR count). The monoisotopic (exact) mass is 405 g/mol. The van der Waals surface area contributed by atoms with Gasteiger partial charge in [-0.05, 0) is 61.4 Å². The van der Waals surface area contributed by atoms with E-state index in [4.69, 9.17) is 0 Å². The molecule has 1 saturated carbocycles. The van der Waals surface area contributed by atoms with Gasteiger partial charge in [-0.15, -0.1) is 11.3 Å². The molecule has 0 bridgehead atoms. The fourth-order valence-electron chi connectivity index (χ4n) is 2.93. The zero-order valence-corrected chi connectivity index (χ0v) is 16.6. The Balaban J connectivity index is 1.60. The van der Waals surface area contributed by atoms with Gasteiger partial charge in [-0.3, -0.25) is 9.52 Å². The highest BCUT2D eigenvalue weighted by Crippen LogP contribution is 2.20. The van der Waals surface area contributed by atoms with E-state index < -0.39 is 10.0 Å². The highest BCUT2D eigenvalue weighted by atomic mass is 32.2. The van der Waals surface area contributed by atoms with Crippen LogP contribution in [0.3, 0.4) is 0 Å². The van der Waals surface area contributed by atoms with Gasteiger partial charge in [0.05, 0.1) is 0 Å². The Morgan fingerprint density at radius 2 is 1.63 bits per heavy atom. The Morgan fingerprint density at radius 1 is 0.963 bits per heavy atom. The summed E-state index contributed by atoms with van der Waals surface area (Å²) in [7, 11) is -3.59. The standard InChI is InChI=1S/C19H23N3O3S2/c23-19(21-20-16-7-4-2-1-3-5-8-16)15-10-12-17(13-11-15)22-27(24,25)18-9-6-14-26-18/h6,9-14,22H,1-5,7-8H2,(H,21,23). The lowest BCUT2D eigenvalue weighted by atomic mass is 9.99. The van der Waals surface area contributed by atoms with Gasteiger partial charge in [-0.2, -0.15) is 5.10 Å². The SMILES string of the molecule is O=C(NN=C1CCCCCCC1)c1ccc(NS(=O)(=O)c2cccs2)cc1. The van der Waals surface area contributed by atoms with Crippen LogP contribution >= 0.6 is 11.3 Å². The third kappa shape index (κ3) is 5.64. The molecule has 0 unspecified atom stereocenters. The van der Waals surface area contributed by atoms with Gasteiger partial charge in [0.15, 0.2) is 0 Å². The van der Waals surface area contributed by atoms with Crippen LogP contribution in [0.5, 0.6) is 0 Å². The number of rotatable bonds is 5. The van der Waals surface area contributed by atoms with Crippen molar-refractivity contribution in [3.63, 3.8) is 0 Å². The molecule has 1 aliphatic carbocycles. The number of hydrazone groups is 1. The first kappa shape index (κ1) is 19.6. The van der Waals surface area contributed by atoms with Crippen LogP contribution in [0, 0.1) is 0 Å². The Labute approximate surface area is 163 Å². The molecule has 1 aromatic heterocycles. The summed E-state index contributed by atoms with van der Waals surface area (Å²) in [4.78, 5) is 12.3. The summed E-state index contributed by atoms with van der Waals surface area (Å²) in [6.45, 7) is 0. The maximum absolute atomic E-state index is 12.3. The van der Waals surface area contributed by atoms with E-state index >= 15 is 0 Å². The maximum atomic E-state index is 12.3. The first-order chi connectivity index (χ1) is 13.0. The molecule has 2 aromatic rings. The Morgan fingerprint density at radius 3 is 2.26 bits per heavy atom. The molecule has 1 heterocycles. The van der Waals surface area contributed by atoms with Crippen molar-refractivity contribution >= 4 is 38.7 Å². The molecule has 27 heavy (non-hydrogen) atoms. The van der Waals surface area contributed by atoms with Crippen LogP contribution in [-0.2, 0) is 10.0 Å². The molecular weight excluding hydrogens is 382 g/mol. The largest absolute Gasteiger partial charge is 0.279 e. The van der Waals surface area contributed by atoms with Gasteiger partial charge in [0, 0.05) is 17.0 Å². The molecule has 6 nitrogen and oxygen atoms in total. The first-order valence-corrected chi connectivity index (χ1v) is 11.4. The number of carbonyl (C=O) groups is 1. The lowest BCUT2D eigenvalue weighted by Gasteiger charge is -2.11. The summed E-state index contributed by atoms with van der Waals surface area (Å²) in [6.07, 6.45) is 7.82. The van der Waals surface area contributed by atoms with Crippen LogP contribution in [0.1, 0.15) is 55.3 Å². The minimum absolute atomic E-state index is 0.249. The van der Waals surface area contributed by atoms with Crippen molar-refractivity contribution in [2.24, 2.45) is 5.10 Å². The van der Waals surface area contributed by atoms with Crippen LogP contribution in [0.4, 0.5) is 5.69 Å². The predicted molar refractivity (Wildman–Crippen MR) is 109 cm³/mol. The molecule has 1 amide bonds. The zero-order valence-electron chi connectivity index (χ0n) is 15.0. The van der Waals surface area contributed by atoms with E-state index in [1.807, 2.05) is 0 Å². The van der Waals surface area contributed by atoms with E-state index in [2.05, 4.69) is 15.2 Å². The molecule has 144 valence electrons. The number of benzene rings is 1. The van der Waals surface area contributed by atoms with E-state index in [0.29, 0.717) is 11.3 Å². The van der Waals surface area contributed by atoms with Crippen molar-refractivity contribution in [1.82, 2.24) is 5.43 Å². The van der Waals surface area contributed by atoms with Crippen LogP contribution in [0.15, 0.2) is 51.1 Å². The Hall–Kier alpha value is -2.19. The van der Waals surface area contributed by atoms with E-state index in [-0.39, 0.29) is 10.1 Å². The van der Waals surface area contributed by atoms with Crippen LogP contribution in [0.2, 0.25) is 0 Å². The van der Waals surface area contributed by atoms with Crippen molar-refractivity contribution in [3.05, 3.63) is 47.3 Å². The van der Waals surface area contributed by atoms with Crippen molar-refractivity contribution < 1.29 is 13.2 Å². The summed E-state index contributed by atoms with van der Waals surface area (Å²) in [5.41, 5.74) is 4.51. The van der Waals surface area contributed by atoms with Gasteiger partial charge in [0.2, 0.25) is 0 Å². The Bertz CT molecular complexity index is 879. The maximum Gasteiger partial charge on any atom is 0.271 e. The molecule has 1 fully saturated rings. The molecule has 0 aliphatic heterocycles. The number of anilines is 1. The quantitative estimate of drug-likeness (QED) is 0.724. The highest BCUT2D eigenvalue weighted by Gasteiger charge is 2.15. The third-order valence-corrected chi connectivity index (χ3v) is 7.18. The molecule has 2 N–H and O–H groups in total. The van der Waals surface area contributed by atoms with Gasteiger partial charge in [0.1, 0.15) is 4.21 Å². The second kappa shape index (κ2) is 9.14. The topological polar surface area (TPSA) is 87.6 Å². The predicted octanol–water partition coefficient (Wildman–Crippen LogP) is 4.38. The number of hydrogen-bond acceptors (Lipinski definition) is 5. The molecule has 1 aromatic carbocycles. The molecule has 0 spiro atoms. The van der Waals surface area contributed by atoms with Crippen molar-refractivity contribution in [3.8, 4) is 0 Å². The van der Waals surface area contributed by atoms with E-state index in [0.717, 1.165) is 42.7 Å². The number of sulfonamides is 1. The van der Waals surface area contributed by atoms with Crippen LogP contribution in [0.25, 0.3) is 0 Å². The van der Waals surface area contributed by atoms with Crippen molar-refractivity contribution in [1.29, 1.82) is 0 Å². The van der Waals surface area contributed by atoms with Crippen LogP contribution in [-0.4, -0.2) is 20.0 Å². The molecule has 0 atom stereocenters. The van der Waals surface area contributed by atoms with Gasteiger partial charge >= 0.3 is 0 Å². The van der Waals surface area contributed by atoms with E-state index in [9.17, 15) is 13.2 Å². The molecule has 1 aliphatic rings. The second-order valence-electron chi connectivity index (χ2n) is 6.50. The third-order valence-electron chi connectivity index (χ3n) is 4.41. The normalized spacial score (nSPS) is 15.5. The van der Waals surface area contributed by atoms with Gasteiger partial charge in [-0.25, -0.2) is 13.8 Å². The van der Waals surface area contributed by atoms with Crippen LogP contribution < -0.4 is 10.1 Å². The summed E-state index contributed by atoms with van der Waals surface area (Å²) in [6, 6.07) is 9.54. The number of nitrogens with zero attached hydrogens (tertiary/aromatic N) is 1. The highest BCUT2D eigenvalue weighted by molar-refractivity contribution is 7.94. The number of amides is 1. The number of nitrogens with one attached hydrogen (secondary N) is 2.